The van der Waals surface area contributed by atoms with Crippen molar-refractivity contribution in [1.29, 1.82) is 0 Å². The van der Waals surface area contributed by atoms with E-state index in [1.165, 1.54) is 6.92 Å². The van der Waals surface area contributed by atoms with E-state index in [0.717, 1.165) is 16.7 Å². The Hall–Kier alpha value is -3.03. The van der Waals surface area contributed by atoms with Crippen molar-refractivity contribution in [2.24, 2.45) is 5.73 Å². The maximum Gasteiger partial charge on any atom is 0.330 e. The number of benzene rings is 2. The first kappa shape index (κ1) is 22.7. The lowest BCUT2D eigenvalue weighted by Gasteiger charge is -2.33. The van der Waals surface area contributed by atoms with Crippen molar-refractivity contribution < 1.29 is 24.2 Å². The molecule has 1 aliphatic carbocycles. The third-order valence-electron chi connectivity index (χ3n) is 5.63. The molecular weight excluding hydrogens is 396 g/mol. The van der Waals surface area contributed by atoms with E-state index < -0.39 is 30.0 Å². The fourth-order valence-electron chi connectivity index (χ4n) is 4.03. The minimum Gasteiger partial charge on any atom is -0.480 e. The van der Waals surface area contributed by atoms with E-state index in [9.17, 15) is 19.5 Å². The average molecular weight is 424 g/mol. The number of carbonyl (C=O) groups excluding carboxylic acids is 2. The van der Waals surface area contributed by atoms with Gasteiger partial charge in [-0.05, 0) is 49.3 Å². The van der Waals surface area contributed by atoms with Crippen LogP contribution in [0.15, 0.2) is 54.6 Å². The Balaban J connectivity index is 1.79. The van der Waals surface area contributed by atoms with Crippen LogP contribution in [0.5, 0.6) is 0 Å². The van der Waals surface area contributed by atoms with Crippen LogP contribution >= 0.6 is 0 Å². The molecule has 0 saturated heterocycles. The molecule has 0 radical (unpaired) electrons. The number of aryl methyl sites for hydroxylation is 1. The summed E-state index contributed by atoms with van der Waals surface area (Å²) in [7, 11) is 0. The number of ether oxygens (including phenoxy) is 1. The summed E-state index contributed by atoms with van der Waals surface area (Å²) in [5.41, 5.74) is 8.79. The molecule has 0 aliphatic heterocycles. The Kier molecular flexibility index (Phi) is 7.55. The predicted molar refractivity (Wildman–Crippen MR) is 115 cm³/mol. The van der Waals surface area contributed by atoms with E-state index in [-0.39, 0.29) is 12.6 Å². The van der Waals surface area contributed by atoms with Crippen LogP contribution < -0.4 is 5.73 Å². The largest absolute Gasteiger partial charge is 0.480 e. The van der Waals surface area contributed by atoms with E-state index in [2.05, 4.69) is 0 Å². The van der Waals surface area contributed by atoms with Gasteiger partial charge in [-0.3, -0.25) is 14.5 Å². The molecular formula is C24H28N2O5. The summed E-state index contributed by atoms with van der Waals surface area (Å²) in [6.45, 7) is 1.14. The van der Waals surface area contributed by atoms with Crippen LogP contribution in [-0.4, -0.2) is 52.6 Å². The Bertz CT molecular complexity index is 904. The number of fused-ring (bicyclic) bond motifs is 1. The van der Waals surface area contributed by atoms with Crippen molar-refractivity contribution in [3.05, 3.63) is 71.3 Å². The molecule has 164 valence electrons. The number of aliphatic carboxylic acids is 1. The Morgan fingerprint density at radius 2 is 1.65 bits per heavy atom. The van der Waals surface area contributed by atoms with E-state index in [4.69, 9.17) is 10.5 Å². The lowest BCUT2D eigenvalue weighted by Crippen LogP contribution is -2.51. The first-order valence-electron chi connectivity index (χ1n) is 10.4. The van der Waals surface area contributed by atoms with E-state index in [1.54, 1.807) is 4.90 Å². The standard InChI is InChI=1S/C24H28N2O5/c1-16(25)24(30)31-22(27)15-26(20-13-18-9-5-6-10-19(18)14-20)21(23(28)29)12-11-17-7-3-2-4-8-17/h2-10,16,20-21H,11-15,25H2,1H3,(H,28,29)/t16-,21?/m0/s1. The van der Waals surface area contributed by atoms with Gasteiger partial charge >= 0.3 is 17.9 Å². The van der Waals surface area contributed by atoms with Crippen LogP contribution in [0.4, 0.5) is 0 Å². The molecule has 0 amide bonds. The molecule has 0 heterocycles. The number of carboxylic acid groups (broad SMARTS) is 1. The van der Waals surface area contributed by atoms with Crippen molar-refractivity contribution in [2.45, 2.75) is 50.7 Å². The van der Waals surface area contributed by atoms with Crippen LogP contribution in [0.3, 0.4) is 0 Å². The topological polar surface area (TPSA) is 110 Å². The molecule has 2 aromatic rings. The first-order chi connectivity index (χ1) is 14.8. The summed E-state index contributed by atoms with van der Waals surface area (Å²) < 4.78 is 4.83. The Morgan fingerprint density at radius 1 is 1.06 bits per heavy atom. The van der Waals surface area contributed by atoms with Gasteiger partial charge in [-0.15, -0.1) is 0 Å². The molecule has 0 spiro atoms. The van der Waals surface area contributed by atoms with E-state index >= 15 is 0 Å². The van der Waals surface area contributed by atoms with Gasteiger partial charge in [0.05, 0.1) is 6.54 Å². The molecule has 7 heteroatoms. The summed E-state index contributed by atoms with van der Waals surface area (Å²) in [6.07, 6.45) is 2.17. The van der Waals surface area contributed by atoms with Gasteiger partial charge in [0, 0.05) is 6.04 Å². The van der Waals surface area contributed by atoms with Crippen molar-refractivity contribution in [3.8, 4) is 0 Å². The predicted octanol–water partition coefficient (Wildman–Crippen LogP) is 1.96. The summed E-state index contributed by atoms with van der Waals surface area (Å²) in [5.74, 6) is -2.61. The zero-order valence-corrected chi connectivity index (χ0v) is 17.6. The monoisotopic (exact) mass is 424 g/mol. The van der Waals surface area contributed by atoms with Crippen molar-refractivity contribution in [1.82, 2.24) is 4.90 Å². The Labute approximate surface area is 181 Å². The third-order valence-corrected chi connectivity index (χ3v) is 5.63. The van der Waals surface area contributed by atoms with Gasteiger partial charge in [0.1, 0.15) is 12.1 Å². The van der Waals surface area contributed by atoms with Crippen molar-refractivity contribution >= 4 is 17.9 Å². The maximum atomic E-state index is 12.5. The summed E-state index contributed by atoms with van der Waals surface area (Å²) >= 11 is 0. The molecule has 2 aromatic carbocycles. The number of carbonyl (C=O) groups is 3. The van der Waals surface area contributed by atoms with Crippen LogP contribution in [0, 0.1) is 0 Å². The molecule has 0 bridgehead atoms. The highest BCUT2D eigenvalue weighted by atomic mass is 16.6. The van der Waals surface area contributed by atoms with Gasteiger partial charge in [-0.2, -0.15) is 0 Å². The minimum atomic E-state index is -1.00. The number of hydrogen-bond acceptors (Lipinski definition) is 6. The molecule has 3 N–H and O–H groups in total. The number of rotatable bonds is 9. The van der Waals surface area contributed by atoms with Crippen molar-refractivity contribution in [2.75, 3.05) is 6.54 Å². The quantitative estimate of drug-likeness (QED) is 0.468. The zero-order valence-electron chi connectivity index (χ0n) is 17.6. The summed E-state index contributed by atoms with van der Waals surface area (Å²) in [4.78, 5) is 38.1. The lowest BCUT2D eigenvalue weighted by molar-refractivity contribution is -0.162. The highest BCUT2D eigenvalue weighted by Crippen LogP contribution is 2.28. The Morgan fingerprint density at radius 3 is 2.19 bits per heavy atom. The van der Waals surface area contributed by atoms with Gasteiger partial charge in [0.25, 0.3) is 0 Å². The van der Waals surface area contributed by atoms with Crippen LogP contribution in [-0.2, 0) is 38.4 Å². The number of carboxylic acids is 1. The highest BCUT2D eigenvalue weighted by molar-refractivity contribution is 5.89. The molecule has 1 aliphatic rings. The minimum absolute atomic E-state index is 0.174. The molecule has 1 unspecified atom stereocenters. The lowest BCUT2D eigenvalue weighted by atomic mass is 10.0. The molecule has 0 fully saturated rings. The second-order valence-corrected chi connectivity index (χ2v) is 7.96. The average Bonchev–Trinajstić information content (AvgIpc) is 3.17. The third kappa shape index (κ3) is 5.99. The van der Waals surface area contributed by atoms with Crippen molar-refractivity contribution in [3.63, 3.8) is 0 Å². The molecule has 0 aromatic heterocycles. The van der Waals surface area contributed by atoms with Crippen LogP contribution in [0.1, 0.15) is 30.0 Å². The highest BCUT2D eigenvalue weighted by Gasteiger charge is 2.36. The molecule has 7 nitrogen and oxygen atoms in total. The maximum absolute atomic E-state index is 12.5. The molecule has 0 saturated carbocycles. The van der Waals surface area contributed by atoms with Gasteiger partial charge in [-0.1, -0.05) is 54.6 Å². The number of nitrogens with two attached hydrogens (primary N) is 1. The molecule has 31 heavy (non-hydrogen) atoms. The summed E-state index contributed by atoms with van der Waals surface area (Å²) in [5, 5.41) is 10.0. The van der Waals surface area contributed by atoms with Gasteiger partial charge < -0.3 is 15.6 Å². The molecule has 2 atom stereocenters. The van der Waals surface area contributed by atoms with Gasteiger partial charge in [0.15, 0.2) is 0 Å². The normalized spacial score (nSPS) is 15.3. The van der Waals surface area contributed by atoms with E-state index in [0.29, 0.717) is 25.7 Å². The molecule has 3 rings (SSSR count). The van der Waals surface area contributed by atoms with E-state index in [1.807, 2.05) is 54.6 Å². The number of hydrogen-bond donors (Lipinski definition) is 2. The first-order valence-corrected chi connectivity index (χ1v) is 10.4. The SMILES string of the molecule is C[C@H](N)C(=O)OC(=O)CN(C1Cc2ccccc2C1)C(CCc1ccccc1)C(=O)O. The number of nitrogens with zero attached hydrogens (tertiary/aromatic N) is 1. The van der Waals surface area contributed by atoms with Gasteiger partial charge in [-0.25, -0.2) is 4.79 Å². The fourth-order valence-corrected chi connectivity index (χ4v) is 4.03. The second-order valence-electron chi connectivity index (χ2n) is 7.96. The smallest absolute Gasteiger partial charge is 0.330 e. The van der Waals surface area contributed by atoms with Crippen LogP contribution in [0.25, 0.3) is 0 Å². The zero-order chi connectivity index (χ0) is 22.4. The summed E-state index contributed by atoms with van der Waals surface area (Å²) in [6, 6.07) is 15.6. The number of esters is 2. The van der Waals surface area contributed by atoms with Crippen LogP contribution in [0.2, 0.25) is 0 Å². The van der Waals surface area contributed by atoms with Gasteiger partial charge in [0.2, 0.25) is 0 Å². The second kappa shape index (κ2) is 10.3. The fraction of sp³-hybridized carbons (Fsp3) is 0.375.